The van der Waals surface area contributed by atoms with Gasteiger partial charge in [-0.3, -0.25) is 4.79 Å². The number of methoxy groups -OCH3 is 1. The molecule has 0 N–H and O–H groups in total. The summed E-state index contributed by atoms with van der Waals surface area (Å²) in [5, 5.41) is 2.16. The Bertz CT molecular complexity index is 1080. The first-order valence-corrected chi connectivity index (χ1v) is 10.6. The van der Waals surface area contributed by atoms with Gasteiger partial charge in [-0.15, -0.1) is 0 Å². The Morgan fingerprint density at radius 2 is 1.67 bits per heavy atom. The SMILES string of the molecule is CCC(C)(C)c1c(C)cc(C)cc1OC(=O)[C@@H](C)c1ccc2cc(OC)ccc2c1. The van der Waals surface area contributed by atoms with Crippen LogP contribution in [0, 0.1) is 13.8 Å². The second kappa shape index (κ2) is 8.51. The molecule has 0 saturated heterocycles. The minimum absolute atomic E-state index is 0.0708. The molecule has 0 aliphatic carbocycles. The zero-order valence-corrected chi connectivity index (χ0v) is 19.1. The Kier molecular flexibility index (Phi) is 6.21. The second-order valence-electron chi connectivity index (χ2n) is 8.81. The van der Waals surface area contributed by atoms with Gasteiger partial charge in [0.05, 0.1) is 13.0 Å². The highest BCUT2D eigenvalue weighted by atomic mass is 16.5. The third-order valence-electron chi connectivity index (χ3n) is 6.14. The van der Waals surface area contributed by atoms with Gasteiger partial charge in [0, 0.05) is 5.56 Å². The fourth-order valence-electron chi connectivity index (χ4n) is 4.02. The molecule has 30 heavy (non-hydrogen) atoms. The lowest BCUT2D eigenvalue weighted by atomic mass is 9.79. The van der Waals surface area contributed by atoms with Gasteiger partial charge in [0.25, 0.3) is 0 Å². The predicted octanol–water partition coefficient (Wildman–Crippen LogP) is 6.86. The minimum Gasteiger partial charge on any atom is -0.497 e. The molecule has 0 saturated carbocycles. The molecule has 0 heterocycles. The number of fused-ring (bicyclic) bond motifs is 1. The fourth-order valence-corrected chi connectivity index (χ4v) is 4.02. The van der Waals surface area contributed by atoms with Crippen LogP contribution in [0.15, 0.2) is 48.5 Å². The summed E-state index contributed by atoms with van der Waals surface area (Å²) in [6.07, 6.45) is 0.963. The van der Waals surface area contributed by atoms with E-state index in [1.165, 1.54) is 0 Å². The molecule has 1 atom stereocenters. The summed E-state index contributed by atoms with van der Waals surface area (Å²) in [5.41, 5.74) is 4.24. The number of carbonyl (C=O) groups excluding carboxylic acids is 1. The van der Waals surface area contributed by atoms with Crippen LogP contribution in [0.5, 0.6) is 11.5 Å². The minimum atomic E-state index is -0.366. The van der Waals surface area contributed by atoms with Crippen molar-refractivity contribution in [2.75, 3.05) is 7.11 Å². The van der Waals surface area contributed by atoms with E-state index >= 15 is 0 Å². The van der Waals surface area contributed by atoms with Crippen LogP contribution in [0.4, 0.5) is 0 Å². The number of benzene rings is 3. The second-order valence-corrected chi connectivity index (χ2v) is 8.81. The average Bonchev–Trinajstić information content (AvgIpc) is 2.71. The molecule has 0 aliphatic rings. The van der Waals surface area contributed by atoms with Crippen molar-refractivity contribution in [3.63, 3.8) is 0 Å². The molecule has 0 amide bonds. The summed E-state index contributed by atoms with van der Waals surface area (Å²) in [6.45, 7) is 12.6. The van der Waals surface area contributed by atoms with E-state index in [1.54, 1.807) is 7.11 Å². The van der Waals surface area contributed by atoms with E-state index in [4.69, 9.17) is 9.47 Å². The Labute approximate surface area is 180 Å². The van der Waals surface area contributed by atoms with Crippen LogP contribution < -0.4 is 9.47 Å². The van der Waals surface area contributed by atoms with Crippen LogP contribution in [0.2, 0.25) is 0 Å². The largest absolute Gasteiger partial charge is 0.497 e. The summed E-state index contributed by atoms with van der Waals surface area (Å²) >= 11 is 0. The number of hydrogen-bond acceptors (Lipinski definition) is 3. The highest BCUT2D eigenvalue weighted by molar-refractivity contribution is 5.87. The number of esters is 1. The molecule has 0 spiro atoms. The molecule has 158 valence electrons. The Morgan fingerprint density at radius 1 is 1.00 bits per heavy atom. The molecule has 0 aliphatic heterocycles. The lowest BCUT2D eigenvalue weighted by molar-refractivity contribution is -0.135. The zero-order valence-electron chi connectivity index (χ0n) is 19.1. The quantitative estimate of drug-likeness (QED) is 0.332. The number of aryl methyl sites for hydroxylation is 2. The number of carbonyl (C=O) groups is 1. The van der Waals surface area contributed by atoms with Gasteiger partial charge in [0.1, 0.15) is 11.5 Å². The fraction of sp³-hybridized carbons (Fsp3) is 0.370. The van der Waals surface area contributed by atoms with Crippen LogP contribution in [-0.4, -0.2) is 13.1 Å². The number of ether oxygens (including phenoxy) is 2. The summed E-state index contributed by atoms with van der Waals surface area (Å²) in [6, 6.07) is 16.2. The third kappa shape index (κ3) is 4.35. The van der Waals surface area contributed by atoms with Gasteiger partial charge in [-0.25, -0.2) is 0 Å². The first-order chi connectivity index (χ1) is 14.2. The van der Waals surface area contributed by atoms with E-state index in [1.807, 2.05) is 50.2 Å². The van der Waals surface area contributed by atoms with Gasteiger partial charge in [0.15, 0.2) is 0 Å². The summed E-state index contributed by atoms with van der Waals surface area (Å²) in [5.74, 6) is 0.904. The van der Waals surface area contributed by atoms with Crippen LogP contribution in [0.3, 0.4) is 0 Å². The van der Waals surface area contributed by atoms with Crippen molar-refractivity contribution in [2.24, 2.45) is 0 Å². The monoisotopic (exact) mass is 404 g/mol. The highest BCUT2D eigenvalue weighted by Crippen LogP contribution is 2.38. The molecule has 3 heteroatoms. The molecular weight excluding hydrogens is 372 g/mol. The lowest BCUT2D eigenvalue weighted by Crippen LogP contribution is -2.22. The standard InChI is InChI=1S/C27H32O3/c1-8-27(5,6)25-18(3)13-17(2)14-24(25)30-26(28)19(4)20-9-10-22-16-23(29-7)12-11-21(22)15-20/h9-16,19H,8H2,1-7H3/t19-/m0/s1. The van der Waals surface area contributed by atoms with E-state index in [9.17, 15) is 4.79 Å². The maximum Gasteiger partial charge on any atom is 0.318 e. The first-order valence-electron chi connectivity index (χ1n) is 10.6. The number of rotatable bonds is 6. The summed E-state index contributed by atoms with van der Waals surface area (Å²) in [7, 11) is 1.66. The van der Waals surface area contributed by atoms with E-state index in [0.717, 1.165) is 45.2 Å². The van der Waals surface area contributed by atoms with Crippen LogP contribution in [0.25, 0.3) is 10.8 Å². The van der Waals surface area contributed by atoms with Crippen molar-refractivity contribution >= 4 is 16.7 Å². The Balaban J connectivity index is 1.92. The molecular formula is C27H32O3. The molecule has 0 fully saturated rings. The molecule has 0 aromatic heterocycles. The van der Waals surface area contributed by atoms with Gasteiger partial charge >= 0.3 is 5.97 Å². The van der Waals surface area contributed by atoms with Crippen LogP contribution >= 0.6 is 0 Å². The molecule has 3 aromatic carbocycles. The predicted molar refractivity (Wildman–Crippen MR) is 124 cm³/mol. The van der Waals surface area contributed by atoms with Crippen molar-refractivity contribution < 1.29 is 14.3 Å². The van der Waals surface area contributed by atoms with Crippen molar-refractivity contribution in [3.8, 4) is 11.5 Å². The lowest BCUT2D eigenvalue weighted by Gasteiger charge is -2.28. The van der Waals surface area contributed by atoms with Crippen LogP contribution in [-0.2, 0) is 10.2 Å². The molecule has 0 bridgehead atoms. The summed E-state index contributed by atoms with van der Waals surface area (Å²) < 4.78 is 11.3. The van der Waals surface area contributed by atoms with Gasteiger partial charge < -0.3 is 9.47 Å². The zero-order chi connectivity index (χ0) is 22.1. The van der Waals surface area contributed by atoms with Gasteiger partial charge in [-0.05, 0) is 78.3 Å². The van der Waals surface area contributed by atoms with Crippen molar-refractivity contribution in [1.29, 1.82) is 0 Å². The first kappa shape index (κ1) is 21.9. The summed E-state index contributed by atoms with van der Waals surface area (Å²) in [4.78, 5) is 13.1. The van der Waals surface area contributed by atoms with Crippen molar-refractivity contribution in [1.82, 2.24) is 0 Å². The molecule has 3 nitrogen and oxygen atoms in total. The van der Waals surface area contributed by atoms with Crippen molar-refractivity contribution in [3.05, 3.63) is 70.8 Å². The van der Waals surface area contributed by atoms with Crippen LogP contribution in [0.1, 0.15) is 62.3 Å². The maximum atomic E-state index is 13.1. The maximum absolute atomic E-state index is 13.1. The van der Waals surface area contributed by atoms with E-state index in [0.29, 0.717) is 5.75 Å². The Morgan fingerprint density at radius 3 is 2.33 bits per heavy atom. The van der Waals surface area contributed by atoms with E-state index in [-0.39, 0.29) is 17.3 Å². The topological polar surface area (TPSA) is 35.5 Å². The third-order valence-corrected chi connectivity index (χ3v) is 6.14. The average molecular weight is 405 g/mol. The molecule has 3 aromatic rings. The molecule has 3 rings (SSSR count). The van der Waals surface area contributed by atoms with E-state index in [2.05, 4.69) is 39.8 Å². The smallest absolute Gasteiger partial charge is 0.318 e. The normalized spacial score (nSPS) is 12.6. The van der Waals surface area contributed by atoms with Gasteiger partial charge in [-0.2, -0.15) is 0 Å². The number of hydrogen-bond donors (Lipinski definition) is 0. The Hall–Kier alpha value is -2.81. The highest BCUT2D eigenvalue weighted by Gasteiger charge is 2.27. The van der Waals surface area contributed by atoms with Crippen molar-refractivity contribution in [2.45, 2.75) is 59.3 Å². The molecule has 0 unspecified atom stereocenters. The van der Waals surface area contributed by atoms with Gasteiger partial charge in [0.2, 0.25) is 0 Å². The van der Waals surface area contributed by atoms with E-state index < -0.39 is 0 Å². The van der Waals surface area contributed by atoms with Gasteiger partial charge in [-0.1, -0.05) is 51.1 Å². The molecule has 0 radical (unpaired) electrons.